The van der Waals surface area contributed by atoms with Gasteiger partial charge in [0.15, 0.2) is 0 Å². The Hall–Kier alpha value is -1.13. The SMILES string of the molecule is CC(N)CC(=O)NC1CCc2c(F)cccc21.Cl. The van der Waals surface area contributed by atoms with E-state index in [0.29, 0.717) is 12.8 Å². The molecule has 1 aliphatic carbocycles. The molecule has 3 N–H and O–H groups in total. The number of carbonyl (C=O) groups is 1. The van der Waals surface area contributed by atoms with Crippen LogP contribution in [-0.2, 0) is 11.2 Å². The lowest BCUT2D eigenvalue weighted by Crippen LogP contribution is -2.32. The Morgan fingerprint density at radius 3 is 3.00 bits per heavy atom. The molecule has 2 rings (SSSR count). The summed E-state index contributed by atoms with van der Waals surface area (Å²) in [5, 5.41) is 2.91. The highest BCUT2D eigenvalue weighted by molar-refractivity contribution is 5.85. The van der Waals surface area contributed by atoms with Gasteiger partial charge in [0.1, 0.15) is 5.82 Å². The van der Waals surface area contributed by atoms with Crippen molar-refractivity contribution < 1.29 is 9.18 Å². The van der Waals surface area contributed by atoms with Crippen molar-refractivity contribution in [2.24, 2.45) is 5.73 Å². The lowest BCUT2D eigenvalue weighted by Gasteiger charge is -2.15. The van der Waals surface area contributed by atoms with Crippen LogP contribution in [0.15, 0.2) is 18.2 Å². The van der Waals surface area contributed by atoms with Crippen LogP contribution in [0, 0.1) is 5.82 Å². The molecule has 0 fully saturated rings. The van der Waals surface area contributed by atoms with Gasteiger partial charge in [-0.15, -0.1) is 12.4 Å². The van der Waals surface area contributed by atoms with Gasteiger partial charge < -0.3 is 11.1 Å². The molecule has 1 aliphatic rings. The van der Waals surface area contributed by atoms with E-state index in [1.807, 2.05) is 6.07 Å². The summed E-state index contributed by atoms with van der Waals surface area (Å²) < 4.78 is 13.5. The third kappa shape index (κ3) is 3.21. The van der Waals surface area contributed by atoms with Crippen molar-refractivity contribution in [2.75, 3.05) is 0 Å². The second-order valence-corrected chi connectivity index (χ2v) is 4.65. The second kappa shape index (κ2) is 6.16. The summed E-state index contributed by atoms with van der Waals surface area (Å²) in [6.07, 6.45) is 1.76. The average Bonchev–Trinajstić information content (AvgIpc) is 2.62. The van der Waals surface area contributed by atoms with E-state index in [1.54, 1.807) is 13.0 Å². The minimum atomic E-state index is -0.175. The molecular formula is C13H18ClFN2O. The van der Waals surface area contributed by atoms with Crippen molar-refractivity contribution in [3.8, 4) is 0 Å². The van der Waals surface area contributed by atoms with Gasteiger partial charge in [0.2, 0.25) is 5.91 Å². The Bertz CT molecular complexity index is 437. The Morgan fingerprint density at radius 2 is 2.33 bits per heavy atom. The number of nitrogens with one attached hydrogen (secondary N) is 1. The first-order valence-corrected chi connectivity index (χ1v) is 5.90. The zero-order chi connectivity index (χ0) is 12.4. The molecule has 18 heavy (non-hydrogen) atoms. The van der Waals surface area contributed by atoms with Gasteiger partial charge >= 0.3 is 0 Å². The largest absolute Gasteiger partial charge is 0.349 e. The van der Waals surface area contributed by atoms with Crippen LogP contribution in [0.5, 0.6) is 0 Å². The number of carbonyl (C=O) groups excluding carboxylic acids is 1. The van der Waals surface area contributed by atoms with Gasteiger partial charge in [0.25, 0.3) is 0 Å². The third-order valence-electron chi connectivity index (χ3n) is 3.06. The van der Waals surface area contributed by atoms with Crippen molar-refractivity contribution in [3.63, 3.8) is 0 Å². The number of rotatable bonds is 3. The van der Waals surface area contributed by atoms with Crippen molar-refractivity contribution in [1.29, 1.82) is 0 Å². The number of halogens is 2. The summed E-state index contributed by atoms with van der Waals surface area (Å²) >= 11 is 0. The number of amides is 1. The maximum absolute atomic E-state index is 13.5. The Morgan fingerprint density at radius 1 is 1.61 bits per heavy atom. The smallest absolute Gasteiger partial charge is 0.222 e. The summed E-state index contributed by atoms with van der Waals surface area (Å²) in [4.78, 5) is 11.6. The van der Waals surface area contributed by atoms with Crippen molar-refractivity contribution >= 4 is 18.3 Å². The van der Waals surface area contributed by atoms with Gasteiger partial charge in [-0.25, -0.2) is 4.39 Å². The maximum atomic E-state index is 13.5. The topological polar surface area (TPSA) is 55.1 Å². The van der Waals surface area contributed by atoms with Crippen molar-refractivity contribution in [3.05, 3.63) is 35.1 Å². The fraction of sp³-hybridized carbons (Fsp3) is 0.462. The molecule has 2 unspecified atom stereocenters. The number of nitrogens with two attached hydrogens (primary N) is 1. The summed E-state index contributed by atoms with van der Waals surface area (Å²) in [5.41, 5.74) is 7.21. The molecular weight excluding hydrogens is 255 g/mol. The highest BCUT2D eigenvalue weighted by atomic mass is 35.5. The molecule has 3 nitrogen and oxygen atoms in total. The van der Waals surface area contributed by atoms with Crippen LogP contribution in [0.2, 0.25) is 0 Å². The maximum Gasteiger partial charge on any atom is 0.222 e. The number of hydrogen-bond donors (Lipinski definition) is 2. The second-order valence-electron chi connectivity index (χ2n) is 4.65. The predicted molar refractivity (Wildman–Crippen MR) is 71.1 cm³/mol. The quantitative estimate of drug-likeness (QED) is 0.885. The molecule has 0 radical (unpaired) electrons. The number of fused-ring (bicyclic) bond motifs is 1. The molecule has 1 aromatic carbocycles. The van der Waals surface area contributed by atoms with Crippen LogP contribution in [0.1, 0.15) is 36.9 Å². The molecule has 5 heteroatoms. The van der Waals surface area contributed by atoms with E-state index in [0.717, 1.165) is 17.5 Å². The van der Waals surface area contributed by atoms with Gasteiger partial charge in [-0.1, -0.05) is 12.1 Å². The number of benzene rings is 1. The zero-order valence-electron chi connectivity index (χ0n) is 10.3. The molecule has 100 valence electrons. The third-order valence-corrected chi connectivity index (χ3v) is 3.06. The highest BCUT2D eigenvalue weighted by Crippen LogP contribution is 2.32. The predicted octanol–water partition coefficient (Wildman–Crippen LogP) is 2.09. The standard InChI is InChI=1S/C13H17FN2O.ClH/c1-8(15)7-13(17)16-12-6-5-9-10(12)3-2-4-11(9)14;/h2-4,8,12H,5-7,15H2,1H3,(H,16,17);1H. The Labute approximate surface area is 112 Å². The van der Waals surface area contributed by atoms with Crippen LogP contribution in [0.4, 0.5) is 4.39 Å². The van der Waals surface area contributed by atoms with Gasteiger partial charge in [-0.05, 0) is 37.0 Å². The normalized spacial score (nSPS) is 18.7. The van der Waals surface area contributed by atoms with Crippen molar-refractivity contribution in [2.45, 2.75) is 38.3 Å². The molecule has 0 spiro atoms. The Kier molecular flexibility index (Phi) is 5.11. The molecule has 0 saturated carbocycles. The molecule has 1 amide bonds. The summed E-state index contributed by atoms with van der Waals surface area (Å²) in [5.74, 6) is -0.242. The fourth-order valence-corrected chi connectivity index (χ4v) is 2.31. The van der Waals surface area contributed by atoms with Crippen LogP contribution < -0.4 is 11.1 Å². The Balaban J connectivity index is 0.00000162. The van der Waals surface area contributed by atoms with E-state index in [9.17, 15) is 9.18 Å². The fourth-order valence-electron chi connectivity index (χ4n) is 2.31. The molecule has 0 bridgehead atoms. The molecule has 1 aromatic rings. The highest BCUT2D eigenvalue weighted by Gasteiger charge is 2.25. The first-order valence-electron chi connectivity index (χ1n) is 5.90. The molecule has 0 saturated heterocycles. The molecule has 0 aliphatic heterocycles. The zero-order valence-corrected chi connectivity index (χ0v) is 11.1. The number of hydrogen-bond acceptors (Lipinski definition) is 2. The summed E-state index contributed by atoms with van der Waals surface area (Å²) in [6, 6.07) is 4.81. The summed E-state index contributed by atoms with van der Waals surface area (Å²) in [7, 11) is 0. The molecule has 0 heterocycles. The van der Waals surface area contributed by atoms with E-state index in [-0.39, 0.29) is 36.2 Å². The summed E-state index contributed by atoms with van der Waals surface area (Å²) in [6.45, 7) is 1.79. The molecule has 0 aromatic heterocycles. The monoisotopic (exact) mass is 272 g/mol. The van der Waals surface area contributed by atoms with Gasteiger partial charge in [0, 0.05) is 12.5 Å². The van der Waals surface area contributed by atoms with Crippen molar-refractivity contribution in [1.82, 2.24) is 5.32 Å². The van der Waals surface area contributed by atoms with Gasteiger partial charge in [0.05, 0.1) is 6.04 Å². The van der Waals surface area contributed by atoms with E-state index in [2.05, 4.69) is 5.32 Å². The lowest BCUT2D eigenvalue weighted by atomic mass is 10.1. The minimum absolute atomic E-state index is 0. The van der Waals surface area contributed by atoms with E-state index in [4.69, 9.17) is 5.73 Å². The molecule has 2 atom stereocenters. The first-order chi connectivity index (χ1) is 8.08. The van der Waals surface area contributed by atoms with E-state index in [1.165, 1.54) is 6.07 Å². The lowest BCUT2D eigenvalue weighted by molar-refractivity contribution is -0.122. The average molecular weight is 273 g/mol. The van der Waals surface area contributed by atoms with Crippen LogP contribution >= 0.6 is 12.4 Å². The van der Waals surface area contributed by atoms with Crippen LogP contribution in [-0.4, -0.2) is 11.9 Å². The van der Waals surface area contributed by atoms with Gasteiger partial charge in [-0.2, -0.15) is 0 Å². The van der Waals surface area contributed by atoms with Crippen LogP contribution in [0.25, 0.3) is 0 Å². The first kappa shape index (κ1) is 14.9. The minimum Gasteiger partial charge on any atom is -0.349 e. The van der Waals surface area contributed by atoms with E-state index < -0.39 is 0 Å². The van der Waals surface area contributed by atoms with E-state index >= 15 is 0 Å². The van der Waals surface area contributed by atoms with Crippen LogP contribution in [0.3, 0.4) is 0 Å². The van der Waals surface area contributed by atoms with Gasteiger partial charge in [-0.3, -0.25) is 4.79 Å².